The fourth-order valence-electron chi connectivity index (χ4n) is 2.92. The third kappa shape index (κ3) is 5.76. The SMILES string of the molecule is CCOC(=O)[C@H](CC(=O)c1ccccc1Br)[C@H]1C=CC(=O)N1C(=O)OC(C)(C)C. The first kappa shape index (κ1) is 22.8. The van der Waals surface area contributed by atoms with E-state index in [9.17, 15) is 19.2 Å². The first-order chi connectivity index (χ1) is 13.5. The lowest BCUT2D eigenvalue weighted by molar-refractivity contribution is -0.150. The van der Waals surface area contributed by atoms with Crippen LogP contribution in [0.4, 0.5) is 4.79 Å². The lowest BCUT2D eigenvalue weighted by atomic mass is 9.91. The third-order valence-electron chi connectivity index (χ3n) is 4.14. The van der Waals surface area contributed by atoms with Gasteiger partial charge in [-0.25, -0.2) is 9.69 Å². The molecule has 2 amide bonds. The maximum Gasteiger partial charge on any atom is 0.417 e. The smallest absolute Gasteiger partial charge is 0.417 e. The van der Waals surface area contributed by atoms with Gasteiger partial charge in [0, 0.05) is 22.5 Å². The number of carbonyl (C=O) groups is 4. The van der Waals surface area contributed by atoms with Gasteiger partial charge in [-0.15, -0.1) is 0 Å². The van der Waals surface area contributed by atoms with Gasteiger partial charge in [-0.05, 0) is 33.8 Å². The summed E-state index contributed by atoms with van der Waals surface area (Å²) in [4.78, 5) is 51.2. The summed E-state index contributed by atoms with van der Waals surface area (Å²) >= 11 is 3.33. The molecule has 1 aliphatic heterocycles. The fraction of sp³-hybridized carbons (Fsp3) is 0.429. The summed E-state index contributed by atoms with van der Waals surface area (Å²) in [6.45, 7) is 6.77. The third-order valence-corrected chi connectivity index (χ3v) is 4.83. The first-order valence-corrected chi connectivity index (χ1v) is 10.0. The number of nitrogens with zero attached hydrogens (tertiary/aromatic N) is 1. The van der Waals surface area contributed by atoms with Crippen molar-refractivity contribution < 1.29 is 28.7 Å². The van der Waals surface area contributed by atoms with Crippen molar-refractivity contribution in [2.24, 2.45) is 5.92 Å². The van der Waals surface area contributed by atoms with Gasteiger partial charge in [-0.1, -0.05) is 40.2 Å². The average molecular weight is 466 g/mol. The van der Waals surface area contributed by atoms with Gasteiger partial charge < -0.3 is 9.47 Å². The molecule has 0 bridgehead atoms. The van der Waals surface area contributed by atoms with E-state index in [2.05, 4.69) is 15.9 Å². The molecule has 0 aromatic heterocycles. The van der Waals surface area contributed by atoms with Crippen LogP contribution in [0.25, 0.3) is 0 Å². The highest BCUT2D eigenvalue weighted by Crippen LogP contribution is 2.28. The number of esters is 1. The molecule has 2 atom stereocenters. The van der Waals surface area contributed by atoms with Crippen molar-refractivity contribution in [1.29, 1.82) is 0 Å². The number of benzene rings is 1. The van der Waals surface area contributed by atoms with Crippen molar-refractivity contribution in [2.75, 3.05) is 6.61 Å². The van der Waals surface area contributed by atoms with E-state index in [1.807, 2.05) is 0 Å². The molecule has 0 spiro atoms. The summed E-state index contributed by atoms with van der Waals surface area (Å²) in [7, 11) is 0. The Kier molecular flexibility index (Phi) is 7.35. The zero-order valence-corrected chi connectivity index (χ0v) is 18.4. The van der Waals surface area contributed by atoms with Crippen LogP contribution in [-0.2, 0) is 19.1 Å². The fourth-order valence-corrected chi connectivity index (χ4v) is 3.43. The van der Waals surface area contributed by atoms with Crippen molar-refractivity contribution in [3.63, 3.8) is 0 Å². The van der Waals surface area contributed by atoms with E-state index in [0.29, 0.717) is 10.0 Å². The van der Waals surface area contributed by atoms with Crippen molar-refractivity contribution >= 4 is 39.7 Å². The first-order valence-electron chi connectivity index (χ1n) is 9.24. The van der Waals surface area contributed by atoms with E-state index < -0.39 is 35.5 Å². The number of ketones is 1. The molecule has 0 radical (unpaired) electrons. The summed E-state index contributed by atoms with van der Waals surface area (Å²) in [5.74, 6) is -2.63. The van der Waals surface area contributed by atoms with E-state index in [0.717, 1.165) is 4.90 Å². The minimum absolute atomic E-state index is 0.107. The number of ether oxygens (including phenoxy) is 2. The Morgan fingerprint density at radius 2 is 1.86 bits per heavy atom. The summed E-state index contributed by atoms with van der Waals surface area (Å²) in [6.07, 6.45) is 1.52. The maximum absolute atomic E-state index is 12.8. The number of Topliss-reactive ketones (excluding diaryl/α,β-unsaturated/α-hetero) is 1. The predicted molar refractivity (Wildman–Crippen MR) is 109 cm³/mol. The summed E-state index contributed by atoms with van der Waals surface area (Å²) in [5.41, 5.74) is -0.423. The van der Waals surface area contributed by atoms with Crippen LogP contribution >= 0.6 is 15.9 Å². The highest BCUT2D eigenvalue weighted by Gasteiger charge is 2.43. The van der Waals surface area contributed by atoms with Crippen LogP contribution in [0.1, 0.15) is 44.5 Å². The second kappa shape index (κ2) is 9.35. The molecule has 1 aromatic carbocycles. The number of imide groups is 1. The number of hydrogen-bond donors (Lipinski definition) is 0. The highest BCUT2D eigenvalue weighted by molar-refractivity contribution is 9.10. The topological polar surface area (TPSA) is 90.0 Å². The molecule has 1 aromatic rings. The van der Waals surface area contributed by atoms with Crippen molar-refractivity contribution in [3.8, 4) is 0 Å². The van der Waals surface area contributed by atoms with E-state index in [-0.39, 0.29) is 18.8 Å². The Morgan fingerprint density at radius 1 is 1.21 bits per heavy atom. The molecule has 156 valence electrons. The van der Waals surface area contributed by atoms with Crippen LogP contribution in [0.2, 0.25) is 0 Å². The van der Waals surface area contributed by atoms with Crippen LogP contribution in [0, 0.1) is 5.92 Å². The number of carbonyl (C=O) groups excluding carboxylic acids is 4. The van der Waals surface area contributed by atoms with Crippen LogP contribution < -0.4 is 0 Å². The lowest BCUT2D eigenvalue weighted by Crippen LogP contribution is -2.48. The molecular weight excluding hydrogens is 442 g/mol. The van der Waals surface area contributed by atoms with E-state index in [1.54, 1.807) is 52.0 Å². The lowest BCUT2D eigenvalue weighted by Gasteiger charge is -2.30. The molecule has 0 saturated carbocycles. The Balaban J connectivity index is 2.33. The monoisotopic (exact) mass is 465 g/mol. The van der Waals surface area contributed by atoms with Gasteiger partial charge in [-0.3, -0.25) is 14.4 Å². The number of rotatable bonds is 6. The van der Waals surface area contributed by atoms with Gasteiger partial charge in [0.15, 0.2) is 5.78 Å². The zero-order chi connectivity index (χ0) is 21.8. The van der Waals surface area contributed by atoms with Gasteiger partial charge in [0.2, 0.25) is 0 Å². The summed E-state index contributed by atoms with van der Waals surface area (Å²) in [6, 6.07) is 5.87. The minimum Gasteiger partial charge on any atom is -0.466 e. The molecule has 0 saturated heterocycles. The molecule has 2 rings (SSSR count). The quantitative estimate of drug-likeness (QED) is 0.467. The maximum atomic E-state index is 12.8. The van der Waals surface area contributed by atoms with Crippen molar-refractivity contribution in [2.45, 2.75) is 45.8 Å². The van der Waals surface area contributed by atoms with Gasteiger partial charge in [0.25, 0.3) is 5.91 Å². The van der Waals surface area contributed by atoms with Crippen LogP contribution in [0.5, 0.6) is 0 Å². The second-order valence-electron chi connectivity index (χ2n) is 7.50. The molecule has 29 heavy (non-hydrogen) atoms. The highest BCUT2D eigenvalue weighted by atomic mass is 79.9. The Labute approximate surface area is 178 Å². The standard InChI is InChI=1S/C21H24BrNO6/c1-5-28-19(26)14(12-17(24)13-8-6-7-9-15(13)22)16-10-11-18(25)23(16)20(27)29-21(2,3)4/h6-11,14,16H,5,12H2,1-4H3/t14-,16-/m1/s1. The number of hydrogen-bond acceptors (Lipinski definition) is 6. The zero-order valence-electron chi connectivity index (χ0n) is 16.8. The van der Waals surface area contributed by atoms with Gasteiger partial charge in [0.1, 0.15) is 5.60 Å². The molecule has 7 nitrogen and oxygen atoms in total. The molecule has 1 aliphatic rings. The van der Waals surface area contributed by atoms with Crippen LogP contribution in [0.3, 0.4) is 0 Å². The molecule has 1 heterocycles. The minimum atomic E-state index is -1.05. The van der Waals surface area contributed by atoms with Crippen molar-refractivity contribution in [1.82, 2.24) is 4.90 Å². The van der Waals surface area contributed by atoms with Crippen molar-refractivity contribution in [3.05, 3.63) is 46.5 Å². The molecule has 8 heteroatoms. The Hall–Kier alpha value is -2.48. The van der Waals surface area contributed by atoms with E-state index in [1.165, 1.54) is 12.2 Å². The largest absolute Gasteiger partial charge is 0.466 e. The Bertz CT molecular complexity index is 842. The average Bonchev–Trinajstić information content (AvgIpc) is 3.00. The summed E-state index contributed by atoms with van der Waals surface area (Å²) < 4.78 is 11.0. The second-order valence-corrected chi connectivity index (χ2v) is 8.36. The van der Waals surface area contributed by atoms with Gasteiger partial charge >= 0.3 is 12.1 Å². The molecule has 0 fully saturated rings. The number of amides is 2. The van der Waals surface area contributed by atoms with Crippen LogP contribution in [0.15, 0.2) is 40.9 Å². The van der Waals surface area contributed by atoms with E-state index in [4.69, 9.17) is 9.47 Å². The normalized spacial score (nSPS) is 17.2. The molecular formula is C21H24BrNO6. The van der Waals surface area contributed by atoms with Crippen LogP contribution in [-0.4, -0.2) is 46.9 Å². The van der Waals surface area contributed by atoms with Gasteiger partial charge in [-0.2, -0.15) is 0 Å². The molecule has 0 unspecified atom stereocenters. The molecule has 0 N–H and O–H groups in total. The van der Waals surface area contributed by atoms with E-state index >= 15 is 0 Å². The molecule has 0 aliphatic carbocycles. The predicted octanol–water partition coefficient (Wildman–Crippen LogP) is 3.90. The number of halogens is 1. The Morgan fingerprint density at radius 3 is 2.45 bits per heavy atom. The van der Waals surface area contributed by atoms with Gasteiger partial charge in [0.05, 0.1) is 18.6 Å². The summed E-state index contributed by atoms with van der Waals surface area (Å²) in [5, 5.41) is 0.